The Labute approximate surface area is 110 Å². The van der Waals surface area contributed by atoms with Gasteiger partial charge < -0.3 is 15.7 Å². The molecule has 1 aromatic rings. The summed E-state index contributed by atoms with van der Waals surface area (Å²) >= 11 is 3.40. The first-order valence-electron chi connectivity index (χ1n) is 5.31. The Kier molecular flexibility index (Phi) is 5.11. The van der Waals surface area contributed by atoms with Crippen molar-refractivity contribution in [1.82, 2.24) is 4.90 Å². The molecule has 1 aromatic carbocycles. The number of carbonyl (C=O) groups is 1. The summed E-state index contributed by atoms with van der Waals surface area (Å²) < 4.78 is 0.962. The number of hydrogen-bond donors (Lipinski definition) is 2. The lowest BCUT2D eigenvalue weighted by atomic mass is 9.97. The molecule has 0 saturated heterocycles. The number of hydrogen-bond acceptors (Lipinski definition) is 3. The largest absolute Gasteiger partial charge is 0.481 e. The lowest BCUT2D eigenvalue weighted by Gasteiger charge is -2.29. The van der Waals surface area contributed by atoms with Crippen LogP contribution in [0.1, 0.15) is 18.0 Å². The van der Waals surface area contributed by atoms with E-state index in [1.54, 1.807) is 0 Å². The van der Waals surface area contributed by atoms with Crippen LogP contribution in [-0.2, 0) is 4.79 Å². The number of benzene rings is 1. The highest BCUT2D eigenvalue weighted by Gasteiger charge is 2.24. The normalized spacial score (nSPS) is 14.6. The molecule has 3 N–H and O–H groups in total. The summed E-state index contributed by atoms with van der Waals surface area (Å²) in [5.41, 5.74) is 6.98. The number of carboxylic acid groups (broad SMARTS) is 1. The van der Waals surface area contributed by atoms with Gasteiger partial charge in [0.25, 0.3) is 0 Å². The van der Waals surface area contributed by atoms with Crippen LogP contribution in [0.5, 0.6) is 0 Å². The fourth-order valence-electron chi connectivity index (χ4n) is 1.93. The maximum absolute atomic E-state index is 10.7. The van der Waals surface area contributed by atoms with E-state index in [1.807, 2.05) is 43.3 Å². The third-order valence-electron chi connectivity index (χ3n) is 2.56. The predicted octanol–water partition coefficient (Wildman–Crippen LogP) is 1.85. The molecule has 0 aliphatic carbocycles. The fraction of sp³-hybridized carbons (Fsp3) is 0.417. The summed E-state index contributed by atoms with van der Waals surface area (Å²) in [4.78, 5) is 12.7. The van der Waals surface area contributed by atoms with Gasteiger partial charge in [0, 0.05) is 16.6 Å². The van der Waals surface area contributed by atoms with Gasteiger partial charge in [0.2, 0.25) is 0 Å². The number of halogens is 1. The van der Waals surface area contributed by atoms with Crippen LogP contribution in [0.15, 0.2) is 28.7 Å². The fourth-order valence-corrected chi connectivity index (χ4v) is 2.35. The van der Waals surface area contributed by atoms with Crippen LogP contribution in [0.2, 0.25) is 0 Å². The van der Waals surface area contributed by atoms with E-state index >= 15 is 0 Å². The van der Waals surface area contributed by atoms with Crippen LogP contribution in [0.4, 0.5) is 0 Å². The van der Waals surface area contributed by atoms with Crippen LogP contribution in [0.3, 0.4) is 0 Å². The minimum atomic E-state index is -0.876. The third kappa shape index (κ3) is 4.11. The first-order chi connectivity index (χ1) is 7.91. The number of aliphatic carboxylic acids is 1. The third-order valence-corrected chi connectivity index (χ3v) is 3.06. The van der Waals surface area contributed by atoms with Crippen molar-refractivity contribution in [3.8, 4) is 0 Å². The molecule has 0 saturated carbocycles. The number of likely N-dealkylation sites (N-methyl/N-ethyl adjacent to an activating group) is 1. The maximum atomic E-state index is 10.7. The molecule has 2 atom stereocenters. The molecule has 17 heavy (non-hydrogen) atoms. The Bertz CT molecular complexity index is 396. The second kappa shape index (κ2) is 6.14. The molecule has 0 spiro atoms. The van der Waals surface area contributed by atoms with E-state index in [-0.39, 0.29) is 12.5 Å². The van der Waals surface area contributed by atoms with Gasteiger partial charge in [-0.2, -0.15) is 0 Å². The van der Waals surface area contributed by atoms with Crippen molar-refractivity contribution < 1.29 is 9.90 Å². The summed E-state index contributed by atoms with van der Waals surface area (Å²) in [6.45, 7) is 0. The zero-order valence-electron chi connectivity index (χ0n) is 9.93. The molecule has 1 rings (SSSR count). The van der Waals surface area contributed by atoms with Crippen LogP contribution >= 0.6 is 15.9 Å². The van der Waals surface area contributed by atoms with Crippen LogP contribution in [-0.4, -0.2) is 36.1 Å². The van der Waals surface area contributed by atoms with Gasteiger partial charge in [-0.3, -0.25) is 4.79 Å². The molecule has 0 aliphatic heterocycles. The summed E-state index contributed by atoms with van der Waals surface area (Å²) in [6, 6.07) is 7.23. The number of nitrogens with two attached hydrogens (primary N) is 1. The Morgan fingerprint density at radius 1 is 1.53 bits per heavy atom. The van der Waals surface area contributed by atoms with E-state index in [1.165, 1.54) is 0 Å². The van der Waals surface area contributed by atoms with Gasteiger partial charge in [-0.05, 0) is 31.8 Å². The van der Waals surface area contributed by atoms with Crippen LogP contribution in [0, 0.1) is 0 Å². The minimum absolute atomic E-state index is 0.0463. The summed E-state index contributed by atoms with van der Waals surface area (Å²) in [5.74, 6) is -0.876. The van der Waals surface area contributed by atoms with Gasteiger partial charge in [0.05, 0.1) is 6.42 Å². The highest BCUT2D eigenvalue weighted by Crippen LogP contribution is 2.25. The van der Waals surface area contributed by atoms with Gasteiger partial charge in [-0.25, -0.2) is 0 Å². The second-order valence-electron chi connectivity index (χ2n) is 4.23. The van der Waals surface area contributed by atoms with Crippen LogP contribution < -0.4 is 5.73 Å². The molecular formula is C12H17BrN2O2. The Hall–Kier alpha value is -0.910. The molecular weight excluding hydrogens is 284 g/mol. The van der Waals surface area contributed by atoms with Gasteiger partial charge in [-0.1, -0.05) is 28.1 Å². The molecule has 0 aliphatic rings. The van der Waals surface area contributed by atoms with E-state index in [0.29, 0.717) is 0 Å². The average Bonchev–Trinajstić information content (AvgIpc) is 2.15. The zero-order valence-corrected chi connectivity index (χ0v) is 11.5. The zero-order chi connectivity index (χ0) is 13.0. The first-order valence-corrected chi connectivity index (χ1v) is 6.10. The van der Waals surface area contributed by atoms with E-state index < -0.39 is 12.0 Å². The Morgan fingerprint density at radius 3 is 2.65 bits per heavy atom. The van der Waals surface area contributed by atoms with E-state index in [2.05, 4.69) is 15.9 Å². The summed E-state index contributed by atoms with van der Waals surface area (Å²) in [6.07, 6.45) is -0.0463. The molecule has 0 heterocycles. The monoisotopic (exact) mass is 300 g/mol. The number of nitrogens with zero attached hydrogens (tertiary/aromatic N) is 1. The molecule has 0 radical (unpaired) electrons. The molecule has 0 bridgehead atoms. The standard InChI is InChI=1S/C12H17BrN2O2/c1-15(2)12(10(14)7-11(16)17)8-4-3-5-9(13)6-8/h3-6,10,12H,7,14H2,1-2H3,(H,16,17). The number of rotatable bonds is 5. The van der Waals surface area contributed by atoms with Crippen molar-refractivity contribution >= 4 is 21.9 Å². The lowest BCUT2D eigenvalue weighted by Crippen LogP contribution is -2.38. The Balaban J connectivity index is 2.96. The summed E-state index contributed by atoms with van der Waals surface area (Å²) in [5, 5.41) is 8.81. The van der Waals surface area contributed by atoms with Crippen molar-refractivity contribution in [1.29, 1.82) is 0 Å². The number of carboxylic acids is 1. The Morgan fingerprint density at radius 2 is 2.18 bits per heavy atom. The van der Waals surface area contributed by atoms with Crippen molar-refractivity contribution in [2.75, 3.05) is 14.1 Å². The molecule has 0 fully saturated rings. The molecule has 4 nitrogen and oxygen atoms in total. The first kappa shape index (κ1) is 14.2. The van der Waals surface area contributed by atoms with Crippen molar-refractivity contribution in [3.63, 3.8) is 0 Å². The molecule has 94 valence electrons. The van der Waals surface area contributed by atoms with Gasteiger partial charge in [0.15, 0.2) is 0 Å². The average molecular weight is 301 g/mol. The molecule has 0 aromatic heterocycles. The second-order valence-corrected chi connectivity index (χ2v) is 5.14. The lowest BCUT2D eigenvalue weighted by molar-refractivity contribution is -0.137. The predicted molar refractivity (Wildman–Crippen MR) is 70.8 cm³/mol. The highest BCUT2D eigenvalue weighted by molar-refractivity contribution is 9.10. The van der Waals surface area contributed by atoms with E-state index in [4.69, 9.17) is 10.8 Å². The van der Waals surface area contributed by atoms with E-state index in [9.17, 15) is 4.79 Å². The smallest absolute Gasteiger partial charge is 0.304 e. The highest BCUT2D eigenvalue weighted by atomic mass is 79.9. The molecule has 2 unspecified atom stereocenters. The minimum Gasteiger partial charge on any atom is -0.481 e. The summed E-state index contributed by atoms with van der Waals surface area (Å²) in [7, 11) is 3.79. The van der Waals surface area contributed by atoms with Crippen molar-refractivity contribution in [3.05, 3.63) is 34.3 Å². The van der Waals surface area contributed by atoms with Crippen molar-refractivity contribution in [2.45, 2.75) is 18.5 Å². The van der Waals surface area contributed by atoms with Gasteiger partial charge >= 0.3 is 5.97 Å². The van der Waals surface area contributed by atoms with Gasteiger partial charge in [0.1, 0.15) is 0 Å². The SMILES string of the molecule is CN(C)C(c1cccc(Br)c1)C(N)CC(=O)O. The van der Waals surface area contributed by atoms with E-state index in [0.717, 1.165) is 10.0 Å². The topological polar surface area (TPSA) is 66.6 Å². The molecule has 5 heteroatoms. The maximum Gasteiger partial charge on any atom is 0.304 e. The van der Waals surface area contributed by atoms with Gasteiger partial charge in [-0.15, -0.1) is 0 Å². The quantitative estimate of drug-likeness (QED) is 0.871. The van der Waals surface area contributed by atoms with Crippen molar-refractivity contribution in [2.24, 2.45) is 5.73 Å². The molecule has 0 amide bonds. The van der Waals surface area contributed by atoms with Crippen LogP contribution in [0.25, 0.3) is 0 Å².